The number of carbonyl (C=O) groups is 1. The minimum atomic E-state index is -3.76. The van der Waals surface area contributed by atoms with E-state index in [-0.39, 0.29) is 23.2 Å². The number of esters is 1. The van der Waals surface area contributed by atoms with Crippen LogP contribution >= 0.6 is 0 Å². The first-order valence-corrected chi connectivity index (χ1v) is 8.11. The van der Waals surface area contributed by atoms with Crippen molar-refractivity contribution in [3.05, 3.63) is 11.8 Å². The minimum absolute atomic E-state index is 0.0154. The maximum atomic E-state index is 12.6. The van der Waals surface area contributed by atoms with Gasteiger partial charge in [-0.3, -0.25) is 5.10 Å². The number of aromatic nitrogens is 2. The number of nitrogens with one attached hydrogen (secondary N) is 1. The van der Waals surface area contributed by atoms with E-state index < -0.39 is 16.0 Å². The van der Waals surface area contributed by atoms with Crippen molar-refractivity contribution in [1.82, 2.24) is 14.5 Å². The molecule has 1 saturated carbocycles. The van der Waals surface area contributed by atoms with Gasteiger partial charge in [-0.2, -0.15) is 9.40 Å². The second-order valence-corrected chi connectivity index (χ2v) is 6.73. The molecule has 0 spiro atoms. The Balaban J connectivity index is 2.30. The van der Waals surface area contributed by atoms with Gasteiger partial charge in [-0.15, -0.1) is 0 Å². The highest BCUT2D eigenvalue weighted by Gasteiger charge is 2.34. The van der Waals surface area contributed by atoms with Gasteiger partial charge in [-0.05, 0) is 19.8 Å². The molecule has 0 radical (unpaired) electrons. The largest absolute Gasteiger partial charge is 0.462 e. The molecule has 1 aliphatic rings. The molecule has 0 amide bonds. The first kappa shape index (κ1) is 15.0. The molecule has 0 unspecified atom stereocenters. The van der Waals surface area contributed by atoms with Gasteiger partial charge in [-0.1, -0.05) is 12.8 Å². The van der Waals surface area contributed by atoms with E-state index in [2.05, 4.69) is 10.2 Å². The highest BCUT2D eigenvalue weighted by molar-refractivity contribution is 7.89. The van der Waals surface area contributed by atoms with Crippen LogP contribution in [0.15, 0.2) is 11.2 Å². The van der Waals surface area contributed by atoms with Crippen molar-refractivity contribution in [1.29, 1.82) is 0 Å². The second-order valence-electron chi connectivity index (χ2n) is 4.79. The number of hydrogen-bond donors (Lipinski definition) is 1. The Hall–Kier alpha value is -1.41. The average molecular weight is 301 g/mol. The van der Waals surface area contributed by atoms with Crippen LogP contribution in [0.1, 0.15) is 43.0 Å². The molecule has 8 heteroatoms. The minimum Gasteiger partial charge on any atom is -0.462 e. The Kier molecular flexibility index (Phi) is 4.44. The summed E-state index contributed by atoms with van der Waals surface area (Å²) in [5.74, 6) is -0.681. The summed E-state index contributed by atoms with van der Waals surface area (Å²) in [7, 11) is -2.22. The maximum Gasteiger partial charge on any atom is 0.342 e. The van der Waals surface area contributed by atoms with Crippen LogP contribution in [0, 0.1) is 0 Å². The van der Waals surface area contributed by atoms with Crippen molar-refractivity contribution in [2.24, 2.45) is 0 Å². The fourth-order valence-corrected chi connectivity index (χ4v) is 3.91. The van der Waals surface area contributed by atoms with Gasteiger partial charge in [0.1, 0.15) is 5.56 Å². The third kappa shape index (κ3) is 2.71. The van der Waals surface area contributed by atoms with Crippen LogP contribution in [0.3, 0.4) is 0 Å². The molecule has 0 aromatic carbocycles. The van der Waals surface area contributed by atoms with Gasteiger partial charge in [-0.25, -0.2) is 13.2 Å². The second kappa shape index (κ2) is 5.92. The quantitative estimate of drug-likeness (QED) is 0.824. The lowest BCUT2D eigenvalue weighted by Gasteiger charge is -2.23. The van der Waals surface area contributed by atoms with Crippen molar-refractivity contribution in [3.8, 4) is 0 Å². The van der Waals surface area contributed by atoms with Crippen LogP contribution in [0.25, 0.3) is 0 Å². The zero-order valence-corrected chi connectivity index (χ0v) is 12.4. The van der Waals surface area contributed by atoms with E-state index in [1.807, 2.05) is 0 Å². The van der Waals surface area contributed by atoms with E-state index in [9.17, 15) is 13.2 Å². The summed E-state index contributed by atoms with van der Waals surface area (Å²) in [5.41, 5.74) is -0.0447. The Labute approximate surface area is 118 Å². The lowest BCUT2D eigenvalue weighted by molar-refractivity contribution is 0.0521. The van der Waals surface area contributed by atoms with Gasteiger partial charge >= 0.3 is 5.97 Å². The summed E-state index contributed by atoms with van der Waals surface area (Å²) in [6, 6.07) is -0.0154. The molecule has 112 valence electrons. The molecule has 1 aromatic heterocycles. The summed E-state index contributed by atoms with van der Waals surface area (Å²) in [6.07, 6.45) is 4.93. The molecule has 0 saturated heterocycles. The van der Waals surface area contributed by atoms with Crippen LogP contribution in [-0.4, -0.2) is 48.6 Å². The lowest BCUT2D eigenvalue weighted by atomic mass is 10.3. The number of ether oxygens (including phenoxy) is 1. The van der Waals surface area contributed by atoms with Crippen molar-refractivity contribution >= 4 is 16.0 Å². The van der Waals surface area contributed by atoms with Crippen LogP contribution in [0.4, 0.5) is 0 Å². The molecule has 1 fully saturated rings. The maximum absolute atomic E-state index is 12.6. The Morgan fingerprint density at radius 1 is 1.50 bits per heavy atom. The van der Waals surface area contributed by atoms with Gasteiger partial charge in [0.15, 0.2) is 5.03 Å². The first-order valence-electron chi connectivity index (χ1n) is 6.67. The topological polar surface area (TPSA) is 92.4 Å². The first-order chi connectivity index (χ1) is 9.48. The highest BCUT2D eigenvalue weighted by atomic mass is 32.2. The highest BCUT2D eigenvalue weighted by Crippen LogP contribution is 2.27. The molecule has 1 aliphatic carbocycles. The number of H-pyrrole nitrogens is 1. The van der Waals surface area contributed by atoms with Crippen molar-refractivity contribution in [3.63, 3.8) is 0 Å². The fourth-order valence-electron chi connectivity index (χ4n) is 2.43. The zero-order chi connectivity index (χ0) is 14.8. The number of sulfonamides is 1. The van der Waals surface area contributed by atoms with E-state index in [4.69, 9.17) is 4.74 Å². The fraction of sp³-hybridized carbons (Fsp3) is 0.667. The molecule has 1 heterocycles. The molecular weight excluding hydrogens is 282 g/mol. The number of nitrogens with zero attached hydrogens (tertiary/aromatic N) is 2. The molecule has 1 N–H and O–H groups in total. The standard InChI is InChI=1S/C12H19N3O4S/c1-3-19-12(16)10-8-13-14-11(10)20(17,18)15(2)9-6-4-5-7-9/h8-9H,3-7H2,1-2H3,(H,13,14). The molecule has 7 nitrogen and oxygen atoms in total. The summed E-state index contributed by atoms with van der Waals surface area (Å²) in [5, 5.41) is 5.89. The molecule has 0 bridgehead atoms. The number of aromatic amines is 1. The van der Waals surface area contributed by atoms with Crippen LogP contribution < -0.4 is 0 Å². The van der Waals surface area contributed by atoms with Gasteiger partial charge in [0.2, 0.25) is 0 Å². The van der Waals surface area contributed by atoms with Gasteiger partial charge in [0.25, 0.3) is 10.0 Å². The predicted molar refractivity (Wildman–Crippen MR) is 71.7 cm³/mol. The number of carbonyl (C=O) groups excluding carboxylic acids is 1. The van der Waals surface area contributed by atoms with Gasteiger partial charge < -0.3 is 4.74 Å². The molecule has 1 aromatic rings. The Bertz CT molecular complexity index is 575. The summed E-state index contributed by atoms with van der Waals surface area (Å²) < 4.78 is 31.3. The number of rotatable bonds is 5. The van der Waals surface area contributed by atoms with E-state index in [1.54, 1.807) is 14.0 Å². The van der Waals surface area contributed by atoms with Gasteiger partial charge in [0, 0.05) is 13.1 Å². The molecule has 20 heavy (non-hydrogen) atoms. The molecular formula is C12H19N3O4S. The molecule has 0 atom stereocenters. The average Bonchev–Trinajstić information content (AvgIpc) is 3.09. The third-order valence-electron chi connectivity index (χ3n) is 3.58. The van der Waals surface area contributed by atoms with E-state index in [0.29, 0.717) is 0 Å². The summed E-state index contributed by atoms with van der Waals surface area (Å²) >= 11 is 0. The van der Waals surface area contributed by atoms with Crippen LogP contribution in [0.5, 0.6) is 0 Å². The molecule has 0 aliphatic heterocycles. The zero-order valence-electron chi connectivity index (χ0n) is 11.6. The summed E-state index contributed by atoms with van der Waals surface area (Å²) in [4.78, 5) is 11.8. The van der Waals surface area contributed by atoms with Crippen molar-refractivity contribution in [2.45, 2.75) is 43.7 Å². The Morgan fingerprint density at radius 3 is 2.75 bits per heavy atom. The van der Waals surface area contributed by atoms with Gasteiger partial charge in [0.05, 0.1) is 12.8 Å². The van der Waals surface area contributed by atoms with Crippen molar-refractivity contribution in [2.75, 3.05) is 13.7 Å². The van der Waals surface area contributed by atoms with Crippen LogP contribution in [-0.2, 0) is 14.8 Å². The normalized spacial score (nSPS) is 16.8. The van der Waals surface area contributed by atoms with E-state index in [0.717, 1.165) is 25.7 Å². The van der Waals surface area contributed by atoms with E-state index in [1.165, 1.54) is 10.5 Å². The predicted octanol–water partition coefficient (Wildman–Crippen LogP) is 1.15. The van der Waals surface area contributed by atoms with Crippen molar-refractivity contribution < 1.29 is 17.9 Å². The monoisotopic (exact) mass is 301 g/mol. The third-order valence-corrected chi connectivity index (χ3v) is 5.46. The Morgan fingerprint density at radius 2 is 2.15 bits per heavy atom. The lowest BCUT2D eigenvalue weighted by Crippen LogP contribution is -2.36. The number of hydrogen-bond acceptors (Lipinski definition) is 5. The SMILES string of the molecule is CCOC(=O)c1cn[nH]c1S(=O)(=O)N(C)C1CCCC1. The smallest absolute Gasteiger partial charge is 0.342 e. The summed E-state index contributed by atoms with van der Waals surface area (Å²) in [6.45, 7) is 1.85. The molecule has 2 rings (SSSR count). The van der Waals surface area contributed by atoms with E-state index >= 15 is 0 Å². The van der Waals surface area contributed by atoms with Crippen LogP contribution in [0.2, 0.25) is 0 Å².